The molecule has 0 aliphatic carbocycles. The van der Waals surface area contributed by atoms with E-state index in [1.165, 1.54) is 0 Å². The van der Waals surface area contributed by atoms with Crippen LogP contribution in [0.1, 0.15) is 51.8 Å². The summed E-state index contributed by atoms with van der Waals surface area (Å²) >= 11 is 0. The van der Waals surface area contributed by atoms with Crippen molar-refractivity contribution in [1.29, 1.82) is 0 Å². The van der Waals surface area contributed by atoms with Crippen molar-refractivity contribution in [1.82, 2.24) is 30.9 Å². The quantitative estimate of drug-likeness (QED) is 0.0591. The lowest BCUT2D eigenvalue weighted by molar-refractivity contribution is -0.131. The fourth-order valence-electron chi connectivity index (χ4n) is 5.53. The molecule has 0 fully saturated rings. The van der Waals surface area contributed by atoms with E-state index in [9.17, 15) is 24.0 Å². The van der Waals surface area contributed by atoms with Crippen LogP contribution in [0.4, 0.5) is 16.2 Å². The van der Waals surface area contributed by atoms with Crippen molar-refractivity contribution in [2.75, 3.05) is 143 Å². The van der Waals surface area contributed by atoms with E-state index in [2.05, 4.69) is 36.9 Å². The van der Waals surface area contributed by atoms with Gasteiger partial charge in [-0.15, -0.1) is 5.10 Å². The summed E-state index contributed by atoms with van der Waals surface area (Å²) in [5, 5.41) is 21.1. The van der Waals surface area contributed by atoms with Crippen molar-refractivity contribution in [2.45, 2.75) is 66.2 Å². The molecule has 0 bridgehead atoms. The van der Waals surface area contributed by atoms with Crippen molar-refractivity contribution in [3.63, 3.8) is 0 Å². The van der Waals surface area contributed by atoms with Crippen LogP contribution in [0.25, 0.3) is 0 Å². The number of nitrogens with one attached hydrogen (secondary N) is 5. The van der Waals surface area contributed by atoms with E-state index in [0.717, 1.165) is 12.0 Å². The molecule has 0 aliphatic heterocycles. The maximum absolute atomic E-state index is 12.8. The van der Waals surface area contributed by atoms with E-state index >= 15 is 0 Å². The molecule has 2 aromatic rings. The molecular formula is C44H74N8O15. The smallest absolute Gasteiger partial charge is 0.407 e. The van der Waals surface area contributed by atoms with Gasteiger partial charge >= 0.3 is 6.09 Å². The van der Waals surface area contributed by atoms with Gasteiger partial charge in [-0.05, 0) is 36.5 Å². The van der Waals surface area contributed by atoms with Gasteiger partial charge < -0.3 is 74.0 Å². The minimum absolute atomic E-state index is 0.119. The zero-order valence-corrected chi connectivity index (χ0v) is 39.9. The first-order chi connectivity index (χ1) is 32.6. The third kappa shape index (κ3) is 29.5. The van der Waals surface area contributed by atoms with Crippen LogP contribution in [0.3, 0.4) is 0 Å². The molecule has 1 unspecified atom stereocenters. The van der Waals surface area contributed by atoms with Gasteiger partial charge in [0.2, 0.25) is 23.6 Å². The summed E-state index contributed by atoms with van der Waals surface area (Å²) in [6.07, 6.45) is 2.32. The molecule has 23 nitrogen and oxygen atoms in total. The topological polar surface area (TPSA) is 269 Å². The van der Waals surface area contributed by atoms with Crippen LogP contribution < -0.4 is 26.6 Å². The summed E-state index contributed by atoms with van der Waals surface area (Å²) < 4.78 is 55.2. The molecule has 2 rings (SSSR count). The Labute approximate surface area is 393 Å². The monoisotopic (exact) mass is 955 g/mol. The second kappa shape index (κ2) is 38.2. The van der Waals surface area contributed by atoms with Gasteiger partial charge in [0.05, 0.1) is 125 Å². The third-order valence-electron chi connectivity index (χ3n) is 9.02. The summed E-state index contributed by atoms with van der Waals surface area (Å²) in [7, 11) is 1.63. The Morgan fingerprint density at radius 2 is 1.18 bits per heavy atom. The van der Waals surface area contributed by atoms with E-state index < -0.39 is 29.9 Å². The molecule has 1 atom stereocenters. The highest BCUT2D eigenvalue weighted by Gasteiger charge is 2.24. The molecule has 380 valence electrons. The first kappa shape index (κ1) is 58.3. The lowest BCUT2D eigenvalue weighted by Gasteiger charge is -2.21. The number of hydrogen-bond donors (Lipinski definition) is 5. The van der Waals surface area contributed by atoms with E-state index in [1.807, 2.05) is 13.8 Å². The fourth-order valence-corrected chi connectivity index (χ4v) is 5.53. The second-order valence-electron chi connectivity index (χ2n) is 14.9. The van der Waals surface area contributed by atoms with E-state index in [4.69, 9.17) is 47.4 Å². The summed E-state index contributed by atoms with van der Waals surface area (Å²) in [5.74, 6) is -2.08. The van der Waals surface area contributed by atoms with Crippen molar-refractivity contribution in [3.8, 4) is 0 Å². The summed E-state index contributed by atoms with van der Waals surface area (Å²) in [6.45, 7) is 14.8. The largest absolute Gasteiger partial charge is 0.443 e. The molecule has 5 amide bonds. The van der Waals surface area contributed by atoms with Crippen LogP contribution in [0, 0.1) is 5.92 Å². The van der Waals surface area contributed by atoms with E-state index in [-0.39, 0.29) is 44.5 Å². The molecule has 1 aromatic heterocycles. The molecule has 67 heavy (non-hydrogen) atoms. The number of ether oxygens (including phenoxy) is 10. The van der Waals surface area contributed by atoms with Gasteiger partial charge in [-0.3, -0.25) is 19.2 Å². The second-order valence-corrected chi connectivity index (χ2v) is 14.9. The Bertz CT molecular complexity index is 1670. The van der Waals surface area contributed by atoms with Crippen molar-refractivity contribution >= 4 is 41.1 Å². The maximum Gasteiger partial charge on any atom is 0.407 e. The van der Waals surface area contributed by atoms with Gasteiger partial charge in [0.15, 0.2) is 0 Å². The minimum atomic E-state index is -0.832. The normalized spacial score (nSPS) is 11.6. The van der Waals surface area contributed by atoms with Gasteiger partial charge in [0.25, 0.3) is 0 Å². The lowest BCUT2D eigenvalue weighted by Crippen LogP contribution is -2.51. The summed E-state index contributed by atoms with van der Waals surface area (Å²) in [5.41, 5.74) is 1.99. The molecule has 0 saturated heterocycles. The number of rotatable bonds is 41. The van der Waals surface area contributed by atoms with Crippen LogP contribution in [0.15, 0.2) is 24.4 Å². The SMILES string of the molecule is CCCOCCC(=O)NC(C(=O)NCC(=O)Nc1ccc(CC)c(NC(=O)CNC(=O)OCc2cn(CCOCCOCCOCCOCCOCCOCCOCCOC)nn2)c1)C(C)C. The highest BCUT2D eigenvalue weighted by Crippen LogP contribution is 2.22. The molecule has 0 saturated carbocycles. The van der Waals surface area contributed by atoms with Gasteiger partial charge in [-0.2, -0.15) is 0 Å². The molecular weight excluding hydrogens is 881 g/mol. The van der Waals surface area contributed by atoms with Gasteiger partial charge in [0.1, 0.15) is 24.9 Å². The predicted octanol–water partition coefficient (Wildman–Crippen LogP) is 1.48. The van der Waals surface area contributed by atoms with Crippen LogP contribution >= 0.6 is 0 Å². The third-order valence-corrected chi connectivity index (χ3v) is 9.02. The Hall–Kier alpha value is -4.85. The molecule has 0 radical (unpaired) electrons. The number of benzene rings is 1. The molecule has 1 aromatic carbocycles. The summed E-state index contributed by atoms with van der Waals surface area (Å²) in [6, 6.07) is 4.16. The maximum atomic E-state index is 12.8. The van der Waals surface area contributed by atoms with Crippen LogP contribution in [-0.2, 0) is 86.1 Å². The van der Waals surface area contributed by atoms with Crippen LogP contribution in [0.5, 0.6) is 0 Å². The predicted molar refractivity (Wildman–Crippen MR) is 244 cm³/mol. The number of methoxy groups -OCH3 is 1. The van der Waals surface area contributed by atoms with Crippen LogP contribution in [-0.4, -0.2) is 183 Å². The Kier molecular flexibility index (Phi) is 33.2. The van der Waals surface area contributed by atoms with Gasteiger partial charge in [-0.1, -0.05) is 39.0 Å². The van der Waals surface area contributed by atoms with Crippen molar-refractivity contribution in [2.24, 2.45) is 5.92 Å². The molecule has 0 spiro atoms. The molecule has 1 heterocycles. The highest BCUT2D eigenvalue weighted by atomic mass is 16.6. The minimum Gasteiger partial charge on any atom is -0.443 e. The molecule has 0 aliphatic rings. The first-order valence-electron chi connectivity index (χ1n) is 22.8. The average Bonchev–Trinajstić information content (AvgIpc) is 3.77. The number of aryl methyl sites for hydroxylation is 1. The number of nitrogens with zero attached hydrogens (tertiary/aromatic N) is 3. The molecule has 5 N–H and O–H groups in total. The number of carbonyl (C=O) groups is 5. The van der Waals surface area contributed by atoms with Crippen molar-refractivity contribution in [3.05, 3.63) is 35.7 Å². The number of amides is 5. The van der Waals surface area contributed by atoms with Crippen molar-refractivity contribution < 1.29 is 71.3 Å². The number of alkyl carbamates (subject to hydrolysis) is 1. The first-order valence-corrected chi connectivity index (χ1v) is 22.8. The highest BCUT2D eigenvalue weighted by molar-refractivity contribution is 5.98. The zero-order valence-electron chi connectivity index (χ0n) is 39.9. The number of aromatic nitrogens is 3. The standard InChI is InChI=1S/C44H74N8O15/c1-6-12-59-13-10-39(53)49-42(34(3)4)43(56)45-30-40(54)47-36-9-8-35(7-2)38(29-36)48-41(55)31-46-44(57)67-33-37-32-52(51-50-37)11-14-60-17-18-62-21-22-64-25-26-66-28-27-65-24-23-63-20-19-61-16-15-58-5/h8-9,29,32,34,42H,6-7,10-28,30-31,33H2,1-5H3,(H,45,56)(H,46,57)(H,47,54)(H,48,55)(H,49,53). The average molecular weight is 955 g/mol. The fraction of sp³-hybridized carbons (Fsp3) is 0.705. The Morgan fingerprint density at radius 1 is 0.642 bits per heavy atom. The lowest BCUT2D eigenvalue weighted by atomic mass is 10.0. The molecule has 23 heteroatoms. The van der Waals surface area contributed by atoms with Gasteiger partial charge in [-0.25, -0.2) is 9.48 Å². The zero-order chi connectivity index (χ0) is 48.7. The Balaban J connectivity index is 1.53. The van der Waals surface area contributed by atoms with Crippen LogP contribution in [0.2, 0.25) is 0 Å². The Morgan fingerprint density at radius 3 is 1.73 bits per heavy atom. The van der Waals surface area contributed by atoms with Gasteiger partial charge in [0, 0.05) is 31.5 Å². The number of anilines is 2. The van der Waals surface area contributed by atoms with E-state index in [0.29, 0.717) is 136 Å². The van der Waals surface area contributed by atoms with E-state index in [1.54, 1.807) is 50.0 Å². The summed E-state index contributed by atoms with van der Waals surface area (Å²) in [4.78, 5) is 63.0. The number of carbonyl (C=O) groups excluding carboxylic acids is 5. The number of hydrogen-bond acceptors (Lipinski definition) is 17.